The van der Waals surface area contributed by atoms with Crippen LogP contribution in [0.3, 0.4) is 0 Å². The van der Waals surface area contributed by atoms with E-state index in [1.54, 1.807) is 6.07 Å². The molecule has 0 heterocycles. The zero-order valence-corrected chi connectivity index (χ0v) is 12.5. The maximum absolute atomic E-state index is 11.5. The van der Waals surface area contributed by atoms with Gasteiger partial charge in [0.25, 0.3) is 5.69 Å². The van der Waals surface area contributed by atoms with Crippen molar-refractivity contribution in [1.82, 2.24) is 0 Å². The average Bonchev–Trinajstić information content (AvgIpc) is 2.45. The van der Waals surface area contributed by atoms with Gasteiger partial charge in [0.15, 0.2) is 0 Å². The van der Waals surface area contributed by atoms with E-state index in [1.807, 2.05) is 0 Å². The Hall–Kier alpha value is -2.37. The molecular formula is C15H9Cl2NO4. The van der Waals surface area contributed by atoms with Gasteiger partial charge in [0, 0.05) is 16.7 Å². The summed E-state index contributed by atoms with van der Waals surface area (Å²) < 4.78 is 0. The number of rotatable bonds is 4. The molecule has 1 N–H and O–H groups in total. The molecule has 2 rings (SSSR count). The summed E-state index contributed by atoms with van der Waals surface area (Å²) in [5, 5.41) is 20.9. The fraction of sp³-hybridized carbons (Fsp3) is 0. The maximum atomic E-state index is 11.5. The van der Waals surface area contributed by atoms with E-state index < -0.39 is 10.9 Å². The first-order chi connectivity index (χ1) is 10.4. The number of carboxylic acid groups (broad SMARTS) is 1. The Morgan fingerprint density at radius 2 is 1.86 bits per heavy atom. The lowest BCUT2D eigenvalue weighted by Crippen LogP contribution is -2.01. The fourth-order valence-corrected chi connectivity index (χ4v) is 2.40. The van der Waals surface area contributed by atoms with Gasteiger partial charge >= 0.3 is 5.97 Å². The Balaban J connectivity index is 2.63. The topological polar surface area (TPSA) is 80.4 Å². The molecule has 0 radical (unpaired) electrons. The number of benzene rings is 2. The summed E-state index contributed by atoms with van der Waals surface area (Å²) in [7, 11) is 0. The standard InChI is InChI=1S/C15H9Cl2NO4/c16-10-5-6-11(13(17)8-10)12(15(19)20)7-9-3-1-2-4-14(9)18(21)22/h1-8H,(H,19,20)/b12-7-. The second-order valence-electron chi connectivity index (χ2n) is 4.30. The van der Waals surface area contributed by atoms with Crippen LogP contribution >= 0.6 is 23.2 Å². The van der Waals surface area contributed by atoms with E-state index in [0.717, 1.165) is 0 Å². The number of nitro benzene ring substituents is 1. The molecule has 112 valence electrons. The van der Waals surface area contributed by atoms with Crippen LogP contribution < -0.4 is 0 Å². The highest BCUT2D eigenvalue weighted by Crippen LogP contribution is 2.30. The molecule has 2 aromatic rings. The molecule has 0 amide bonds. The van der Waals surface area contributed by atoms with Crippen molar-refractivity contribution in [2.24, 2.45) is 0 Å². The van der Waals surface area contributed by atoms with E-state index in [9.17, 15) is 20.0 Å². The lowest BCUT2D eigenvalue weighted by molar-refractivity contribution is -0.385. The second-order valence-corrected chi connectivity index (χ2v) is 5.15. The van der Waals surface area contributed by atoms with Crippen molar-refractivity contribution < 1.29 is 14.8 Å². The van der Waals surface area contributed by atoms with Gasteiger partial charge in [-0.1, -0.05) is 41.4 Å². The van der Waals surface area contributed by atoms with Gasteiger partial charge in [-0.25, -0.2) is 4.79 Å². The van der Waals surface area contributed by atoms with Gasteiger partial charge in [-0.3, -0.25) is 10.1 Å². The fourth-order valence-electron chi connectivity index (χ4n) is 1.89. The predicted molar refractivity (Wildman–Crippen MR) is 85.1 cm³/mol. The molecular weight excluding hydrogens is 329 g/mol. The number of nitro groups is 1. The Bertz CT molecular complexity index is 787. The Morgan fingerprint density at radius 1 is 1.18 bits per heavy atom. The summed E-state index contributed by atoms with van der Waals surface area (Å²) in [4.78, 5) is 21.9. The summed E-state index contributed by atoms with van der Waals surface area (Å²) in [5.41, 5.74) is 0.0648. The van der Waals surface area contributed by atoms with Crippen molar-refractivity contribution in [2.75, 3.05) is 0 Å². The Kier molecular flexibility index (Phi) is 4.80. The Labute approximate surface area is 135 Å². The highest BCUT2D eigenvalue weighted by atomic mass is 35.5. The van der Waals surface area contributed by atoms with Crippen LogP contribution in [0.2, 0.25) is 10.0 Å². The number of nitrogens with zero attached hydrogens (tertiary/aromatic N) is 1. The first-order valence-corrected chi connectivity index (χ1v) is 6.79. The van der Waals surface area contributed by atoms with E-state index in [1.165, 1.54) is 42.5 Å². The Morgan fingerprint density at radius 3 is 2.45 bits per heavy atom. The van der Waals surface area contributed by atoms with Gasteiger partial charge in [0.2, 0.25) is 0 Å². The second kappa shape index (κ2) is 6.60. The lowest BCUT2D eigenvalue weighted by Gasteiger charge is -2.06. The van der Waals surface area contributed by atoms with Gasteiger partial charge in [-0.15, -0.1) is 0 Å². The summed E-state index contributed by atoms with van der Waals surface area (Å²) in [6, 6.07) is 10.2. The molecule has 0 fully saturated rings. The zero-order valence-electron chi connectivity index (χ0n) is 11.0. The summed E-state index contributed by atoms with van der Waals surface area (Å²) in [6.07, 6.45) is 1.22. The molecule has 0 spiro atoms. The van der Waals surface area contributed by atoms with Gasteiger partial charge in [0.05, 0.1) is 21.1 Å². The molecule has 0 atom stereocenters. The third-order valence-electron chi connectivity index (χ3n) is 2.89. The van der Waals surface area contributed by atoms with E-state index in [-0.39, 0.29) is 27.4 Å². The van der Waals surface area contributed by atoms with E-state index in [4.69, 9.17) is 23.2 Å². The lowest BCUT2D eigenvalue weighted by atomic mass is 10.0. The van der Waals surface area contributed by atoms with Crippen molar-refractivity contribution in [1.29, 1.82) is 0 Å². The molecule has 0 aliphatic carbocycles. The molecule has 0 saturated heterocycles. The summed E-state index contributed by atoms with van der Waals surface area (Å²) >= 11 is 11.8. The highest BCUT2D eigenvalue weighted by molar-refractivity contribution is 6.37. The predicted octanol–water partition coefficient (Wildman–Crippen LogP) is 4.53. The number of hydrogen-bond donors (Lipinski definition) is 1. The number of carbonyl (C=O) groups is 1. The molecule has 0 aliphatic heterocycles. The molecule has 0 unspecified atom stereocenters. The van der Waals surface area contributed by atoms with Crippen molar-refractivity contribution in [2.45, 2.75) is 0 Å². The minimum atomic E-state index is -1.25. The van der Waals surface area contributed by atoms with E-state index in [0.29, 0.717) is 5.02 Å². The monoisotopic (exact) mass is 337 g/mol. The molecule has 2 aromatic carbocycles. The summed E-state index contributed by atoms with van der Waals surface area (Å²) in [6.45, 7) is 0. The molecule has 5 nitrogen and oxygen atoms in total. The third kappa shape index (κ3) is 3.44. The van der Waals surface area contributed by atoms with Crippen LogP contribution in [0.5, 0.6) is 0 Å². The minimum absolute atomic E-state index is 0.153. The van der Waals surface area contributed by atoms with Gasteiger partial charge in [-0.2, -0.15) is 0 Å². The molecule has 0 bridgehead atoms. The number of para-hydroxylation sites is 1. The normalized spacial score (nSPS) is 11.3. The molecule has 0 saturated carbocycles. The number of carboxylic acids is 1. The number of aliphatic carboxylic acids is 1. The maximum Gasteiger partial charge on any atom is 0.336 e. The quantitative estimate of drug-likeness (QED) is 0.384. The van der Waals surface area contributed by atoms with Crippen molar-refractivity contribution in [3.63, 3.8) is 0 Å². The molecule has 7 heteroatoms. The van der Waals surface area contributed by atoms with Crippen LogP contribution in [-0.2, 0) is 4.79 Å². The third-order valence-corrected chi connectivity index (χ3v) is 3.43. The largest absolute Gasteiger partial charge is 0.478 e. The van der Waals surface area contributed by atoms with Gasteiger partial charge < -0.3 is 5.11 Å². The van der Waals surface area contributed by atoms with Crippen LogP contribution in [0.25, 0.3) is 11.6 Å². The molecule has 0 aliphatic rings. The van der Waals surface area contributed by atoms with Crippen LogP contribution in [-0.4, -0.2) is 16.0 Å². The zero-order chi connectivity index (χ0) is 16.3. The first kappa shape index (κ1) is 16.0. The van der Waals surface area contributed by atoms with E-state index in [2.05, 4.69) is 0 Å². The van der Waals surface area contributed by atoms with Crippen LogP contribution in [0, 0.1) is 10.1 Å². The highest BCUT2D eigenvalue weighted by Gasteiger charge is 2.17. The number of halogens is 2. The van der Waals surface area contributed by atoms with Gasteiger partial charge in [0.1, 0.15) is 0 Å². The SMILES string of the molecule is O=C(O)/C(=C\c1ccccc1[N+](=O)[O-])c1ccc(Cl)cc1Cl. The molecule has 22 heavy (non-hydrogen) atoms. The van der Waals surface area contributed by atoms with Crippen LogP contribution in [0.15, 0.2) is 42.5 Å². The van der Waals surface area contributed by atoms with Gasteiger partial charge in [-0.05, 0) is 24.3 Å². The van der Waals surface area contributed by atoms with E-state index >= 15 is 0 Å². The first-order valence-electron chi connectivity index (χ1n) is 6.04. The van der Waals surface area contributed by atoms with Crippen LogP contribution in [0.1, 0.15) is 11.1 Å². The summed E-state index contributed by atoms with van der Waals surface area (Å²) in [5.74, 6) is -1.25. The number of hydrogen-bond acceptors (Lipinski definition) is 3. The molecule has 0 aromatic heterocycles. The minimum Gasteiger partial charge on any atom is -0.478 e. The van der Waals surface area contributed by atoms with Crippen molar-refractivity contribution in [3.05, 3.63) is 73.8 Å². The van der Waals surface area contributed by atoms with Crippen molar-refractivity contribution >= 4 is 46.5 Å². The smallest absolute Gasteiger partial charge is 0.336 e. The van der Waals surface area contributed by atoms with Crippen LogP contribution in [0.4, 0.5) is 5.69 Å². The van der Waals surface area contributed by atoms with Crippen molar-refractivity contribution in [3.8, 4) is 0 Å². The average molecular weight is 338 g/mol.